The van der Waals surface area contributed by atoms with E-state index in [-0.39, 0.29) is 17.8 Å². The van der Waals surface area contributed by atoms with E-state index in [1.54, 1.807) is 25.1 Å². The molecule has 3 rings (SSSR count). The summed E-state index contributed by atoms with van der Waals surface area (Å²) in [5, 5.41) is 12.8. The monoisotopic (exact) mass is 290 g/mol. The lowest BCUT2D eigenvalue weighted by Gasteiger charge is -2.35. The van der Waals surface area contributed by atoms with Gasteiger partial charge in [-0.15, -0.1) is 0 Å². The second kappa shape index (κ2) is 6.03. The minimum atomic E-state index is -0.247. The lowest BCUT2D eigenvalue weighted by Crippen LogP contribution is -2.50. The molecule has 0 aliphatic carbocycles. The van der Waals surface area contributed by atoms with Gasteiger partial charge in [0.05, 0.1) is 18.3 Å². The zero-order valence-corrected chi connectivity index (χ0v) is 12.3. The number of phenols is 1. The van der Waals surface area contributed by atoms with Gasteiger partial charge in [-0.05, 0) is 37.9 Å². The van der Waals surface area contributed by atoms with Crippen LogP contribution in [0.15, 0.2) is 18.2 Å². The van der Waals surface area contributed by atoms with Crippen LogP contribution in [0.3, 0.4) is 0 Å². The van der Waals surface area contributed by atoms with Gasteiger partial charge in [-0.25, -0.2) is 0 Å². The highest BCUT2D eigenvalue weighted by Crippen LogP contribution is 2.23. The average Bonchev–Trinajstić information content (AvgIpc) is 2.95. The molecule has 2 aliphatic heterocycles. The molecule has 0 radical (unpaired) electrons. The highest BCUT2D eigenvalue weighted by Gasteiger charge is 2.32. The van der Waals surface area contributed by atoms with E-state index in [1.165, 1.54) is 12.8 Å². The van der Waals surface area contributed by atoms with Crippen molar-refractivity contribution < 1.29 is 14.6 Å². The first-order chi connectivity index (χ1) is 10.1. The van der Waals surface area contributed by atoms with Gasteiger partial charge in [0, 0.05) is 19.1 Å². The van der Waals surface area contributed by atoms with Crippen LogP contribution >= 0.6 is 0 Å². The molecule has 2 fully saturated rings. The number of benzene rings is 1. The Bertz CT molecular complexity index is 532. The topological polar surface area (TPSA) is 61.8 Å². The summed E-state index contributed by atoms with van der Waals surface area (Å²) in [4.78, 5) is 14.6. The molecule has 0 spiro atoms. The van der Waals surface area contributed by atoms with Crippen molar-refractivity contribution in [2.45, 2.75) is 31.9 Å². The summed E-state index contributed by atoms with van der Waals surface area (Å²) in [6.45, 7) is 5.04. The molecule has 2 atom stereocenters. The van der Waals surface area contributed by atoms with Crippen molar-refractivity contribution in [1.29, 1.82) is 0 Å². The fourth-order valence-electron chi connectivity index (χ4n) is 3.15. The van der Waals surface area contributed by atoms with Crippen molar-refractivity contribution in [1.82, 2.24) is 10.2 Å². The molecule has 114 valence electrons. The highest BCUT2D eigenvalue weighted by atomic mass is 16.5. The van der Waals surface area contributed by atoms with Gasteiger partial charge in [0.2, 0.25) is 0 Å². The number of morpholine rings is 1. The Morgan fingerprint density at radius 2 is 2.38 bits per heavy atom. The molecule has 2 saturated heterocycles. The molecule has 1 aromatic rings. The van der Waals surface area contributed by atoms with Crippen LogP contribution in [0.2, 0.25) is 0 Å². The Hall–Kier alpha value is -1.59. The van der Waals surface area contributed by atoms with Crippen LogP contribution in [-0.2, 0) is 4.74 Å². The fourth-order valence-corrected chi connectivity index (χ4v) is 3.15. The summed E-state index contributed by atoms with van der Waals surface area (Å²) in [7, 11) is 0. The van der Waals surface area contributed by atoms with Gasteiger partial charge in [-0.2, -0.15) is 0 Å². The zero-order chi connectivity index (χ0) is 14.8. The lowest BCUT2D eigenvalue weighted by atomic mass is 10.1. The maximum atomic E-state index is 12.1. The first-order valence-electron chi connectivity index (χ1n) is 7.57. The largest absolute Gasteiger partial charge is 0.507 e. The predicted octanol–water partition coefficient (Wildman–Crippen LogP) is 1.29. The number of fused-ring (bicyclic) bond motifs is 1. The number of carbonyl (C=O) groups is 1. The number of hydrogen-bond donors (Lipinski definition) is 2. The fraction of sp³-hybridized carbons (Fsp3) is 0.562. The van der Waals surface area contributed by atoms with E-state index in [9.17, 15) is 9.90 Å². The maximum absolute atomic E-state index is 12.1. The van der Waals surface area contributed by atoms with Gasteiger partial charge in [0.15, 0.2) is 0 Å². The van der Waals surface area contributed by atoms with Gasteiger partial charge in [0.25, 0.3) is 5.91 Å². The first-order valence-corrected chi connectivity index (χ1v) is 7.57. The van der Waals surface area contributed by atoms with Crippen LogP contribution in [0, 0.1) is 6.92 Å². The van der Waals surface area contributed by atoms with Crippen molar-refractivity contribution in [2.75, 3.05) is 26.2 Å². The first kappa shape index (κ1) is 14.4. The summed E-state index contributed by atoms with van der Waals surface area (Å²) in [5.41, 5.74) is 1.03. The minimum absolute atomic E-state index is 0.0373. The van der Waals surface area contributed by atoms with Gasteiger partial charge in [-0.1, -0.05) is 12.1 Å². The molecule has 0 saturated carbocycles. The average molecular weight is 290 g/mol. The van der Waals surface area contributed by atoms with E-state index in [1.807, 2.05) is 0 Å². The third-order valence-electron chi connectivity index (χ3n) is 4.43. The van der Waals surface area contributed by atoms with Crippen molar-refractivity contribution in [2.24, 2.45) is 0 Å². The van der Waals surface area contributed by atoms with E-state index >= 15 is 0 Å². The summed E-state index contributed by atoms with van der Waals surface area (Å²) < 4.78 is 5.81. The van der Waals surface area contributed by atoms with E-state index < -0.39 is 0 Å². The van der Waals surface area contributed by atoms with Crippen LogP contribution < -0.4 is 5.32 Å². The molecular formula is C16H22N2O3. The highest BCUT2D eigenvalue weighted by molar-refractivity contribution is 5.97. The molecule has 1 amide bonds. The Morgan fingerprint density at radius 1 is 1.52 bits per heavy atom. The molecule has 2 unspecified atom stereocenters. The molecule has 5 heteroatoms. The molecule has 2 heterocycles. The van der Waals surface area contributed by atoms with Gasteiger partial charge in [0.1, 0.15) is 5.75 Å². The molecule has 0 aromatic heterocycles. The number of para-hydroxylation sites is 1. The molecule has 2 aliphatic rings. The summed E-state index contributed by atoms with van der Waals surface area (Å²) >= 11 is 0. The number of phenolic OH excluding ortho intramolecular Hbond substituents is 1. The minimum Gasteiger partial charge on any atom is -0.507 e. The quantitative estimate of drug-likeness (QED) is 0.880. The number of carbonyl (C=O) groups excluding carboxylic acids is 1. The zero-order valence-electron chi connectivity index (χ0n) is 12.3. The third-order valence-corrected chi connectivity index (χ3v) is 4.43. The van der Waals surface area contributed by atoms with Crippen molar-refractivity contribution in [3.05, 3.63) is 29.3 Å². The number of nitrogens with zero attached hydrogens (tertiary/aromatic N) is 1. The van der Waals surface area contributed by atoms with E-state index in [0.29, 0.717) is 23.7 Å². The van der Waals surface area contributed by atoms with Gasteiger partial charge in [-0.3, -0.25) is 9.69 Å². The number of ether oxygens (including phenoxy) is 1. The second-order valence-electron chi connectivity index (χ2n) is 5.93. The molecule has 0 bridgehead atoms. The maximum Gasteiger partial charge on any atom is 0.255 e. The van der Waals surface area contributed by atoms with Crippen molar-refractivity contribution in [3.8, 4) is 5.75 Å². The lowest BCUT2D eigenvalue weighted by molar-refractivity contribution is -0.0461. The molecule has 1 aromatic carbocycles. The Labute approximate surface area is 124 Å². The van der Waals surface area contributed by atoms with Gasteiger partial charge >= 0.3 is 0 Å². The van der Waals surface area contributed by atoms with Crippen LogP contribution in [0.1, 0.15) is 28.8 Å². The Morgan fingerprint density at radius 3 is 3.24 bits per heavy atom. The Kier molecular flexibility index (Phi) is 4.12. The molecule has 2 N–H and O–H groups in total. The summed E-state index contributed by atoms with van der Waals surface area (Å²) in [6.07, 6.45) is 2.50. The predicted molar refractivity (Wildman–Crippen MR) is 79.5 cm³/mol. The number of aromatic hydroxyl groups is 1. The number of amides is 1. The SMILES string of the molecule is Cc1cccc(C(=O)NCC2CN3CCCC3CO2)c1O. The van der Waals surface area contributed by atoms with E-state index in [2.05, 4.69) is 10.2 Å². The number of rotatable bonds is 3. The van der Waals surface area contributed by atoms with Crippen LogP contribution in [0.25, 0.3) is 0 Å². The molecule has 21 heavy (non-hydrogen) atoms. The smallest absolute Gasteiger partial charge is 0.255 e. The number of hydrogen-bond acceptors (Lipinski definition) is 4. The second-order valence-corrected chi connectivity index (χ2v) is 5.93. The standard InChI is InChI=1S/C16H22N2O3/c1-11-4-2-6-14(15(11)19)16(20)17-8-13-9-18-7-3-5-12(18)10-21-13/h2,4,6,12-13,19H,3,5,7-10H2,1H3,(H,17,20). The molecular weight excluding hydrogens is 268 g/mol. The third kappa shape index (κ3) is 3.04. The van der Waals surface area contributed by atoms with Crippen LogP contribution in [0.4, 0.5) is 0 Å². The van der Waals surface area contributed by atoms with Crippen LogP contribution in [-0.4, -0.2) is 54.3 Å². The van der Waals surface area contributed by atoms with E-state index in [4.69, 9.17) is 4.74 Å². The summed E-state index contributed by atoms with van der Waals surface area (Å²) in [6, 6.07) is 5.76. The van der Waals surface area contributed by atoms with Gasteiger partial charge < -0.3 is 15.2 Å². The number of nitrogens with one attached hydrogen (secondary N) is 1. The Balaban J connectivity index is 1.55. The normalized spacial score (nSPS) is 25.6. The van der Waals surface area contributed by atoms with Crippen molar-refractivity contribution in [3.63, 3.8) is 0 Å². The summed E-state index contributed by atoms with van der Waals surface area (Å²) in [5.74, 6) is -0.192. The van der Waals surface area contributed by atoms with Crippen LogP contribution in [0.5, 0.6) is 5.75 Å². The van der Waals surface area contributed by atoms with Crippen molar-refractivity contribution >= 4 is 5.91 Å². The number of aryl methyl sites for hydroxylation is 1. The van der Waals surface area contributed by atoms with E-state index in [0.717, 1.165) is 19.7 Å². The molecule has 5 nitrogen and oxygen atoms in total.